The summed E-state index contributed by atoms with van der Waals surface area (Å²) in [5.74, 6) is 0.123. The molecule has 0 fully saturated rings. The Kier molecular flexibility index (Phi) is 6.92. The topological polar surface area (TPSA) is 74.2 Å². The minimum atomic E-state index is -0.897. The number of pyridine rings is 1. The summed E-state index contributed by atoms with van der Waals surface area (Å²) in [4.78, 5) is 15.7. The molecule has 2 unspecified atom stereocenters. The smallest absolute Gasteiger partial charge is 0.314 e. The Bertz CT molecular complexity index is 449. The zero-order valence-electron chi connectivity index (χ0n) is 12.8. The van der Waals surface area contributed by atoms with Gasteiger partial charge in [-0.2, -0.15) is 0 Å². The van der Waals surface area contributed by atoms with Crippen LogP contribution in [0.15, 0.2) is 18.3 Å². The van der Waals surface area contributed by atoms with Crippen molar-refractivity contribution in [2.45, 2.75) is 39.2 Å². The number of hydrogen-bond acceptors (Lipinski definition) is 3. The van der Waals surface area contributed by atoms with E-state index in [0.717, 1.165) is 12.0 Å². The molecule has 0 radical (unpaired) electrons. The summed E-state index contributed by atoms with van der Waals surface area (Å²) < 4.78 is 0. The second-order valence-electron chi connectivity index (χ2n) is 5.52. The minimum absolute atomic E-state index is 0.123. The SMILES string of the molecule is CCC(C)C(C)(O)CNC(=O)NCCc1ccc(Cl)nc1. The van der Waals surface area contributed by atoms with Gasteiger partial charge in [0.05, 0.1) is 5.60 Å². The van der Waals surface area contributed by atoms with Crippen molar-refractivity contribution in [1.82, 2.24) is 15.6 Å². The van der Waals surface area contributed by atoms with E-state index in [1.807, 2.05) is 19.9 Å². The quantitative estimate of drug-likeness (QED) is 0.677. The molecule has 0 saturated carbocycles. The van der Waals surface area contributed by atoms with Gasteiger partial charge in [-0.25, -0.2) is 9.78 Å². The van der Waals surface area contributed by atoms with E-state index < -0.39 is 5.60 Å². The molecule has 2 atom stereocenters. The van der Waals surface area contributed by atoms with Crippen LogP contribution in [-0.4, -0.2) is 34.8 Å². The maximum Gasteiger partial charge on any atom is 0.314 e. The Morgan fingerprint density at radius 1 is 1.48 bits per heavy atom. The molecule has 0 spiro atoms. The molecule has 2 amide bonds. The molecular formula is C15H24ClN3O2. The second kappa shape index (κ2) is 8.20. The molecule has 6 heteroatoms. The lowest BCUT2D eigenvalue weighted by Crippen LogP contribution is -2.48. The Balaban J connectivity index is 2.27. The fraction of sp³-hybridized carbons (Fsp3) is 0.600. The number of nitrogens with zero attached hydrogens (tertiary/aromatic N) is 1. The second-order valence-corrected chi connectivity index (χ2v) is 5.90. The van der Waals surface area contributed by atoms with E-state index in [1.165, 1.54) is 0 Å². The highest BCUT2D eigenvalue weighted by atomic mass is 35.5. The zero-order chi connectivity index (χ0) is 15.9. The van der Waals surface area contributed by atoms with Crippen LogP contribution in [-0.2, 0) is 6.42 Å². The highest BCUT2D eigenvalue weighted by molar-refractivity contribution is 6.29. The van der Waals surface area contributed by atoms with Gasteiger partial charge in [0.1, 0.15) is 5.15 Å². The van der Waals surface area contributed by atoms with Crippen molar-refractivity contribution >= 4 is 17.6 Å². The molecule has 0 aliphatic carbocycles. The van der Waals surface area contributed by atoms with E-state index in [0.29, 0.717) is 18.1 Å². The maximum absolute atomic E-state index is 11.7. The Morgan fingerprint density at radius 2 is 2.19 bits per heavy atom. The molecule has 0 aromatic carbocycles. The molecule has 21 heavy (non-hydrogen) atoms. The van der Waals surface area contributed by atoms with Gasteiger partial charge in [0.25, 0.3) is 0 Å². The van der Waals surface area contributed by atoms with E-state index in [1.54, 1.807) is 19.2 Å². The number of carbonyl (C=O) groups is 1. The molecule has 1 heterocycles. The van der Waals surface area contributed by atoms with Crippen LogP contribution in [0, 0.1) is 5.92 Å². The number of amides is 2. The van der Waals surface area contributed by atoms with Crippen molar-refractivity contribution in [3.63, 3.8) is 0 Å². The first-order valence-corrected chi connectivity index (χ1v) is 7.57. The van der Waals surface area contributed by atoms with Crippen LogP contribution in [0.25, 0.3) is 0 Å². The largest absolute Gasteiger partial charge is 0.388 e. The summed E-state index contributed by atoms with van der Waals surface area (Å²) in [5, 5.41) is 16.1. The summed E-state index contributed by atoms with van der Waals surface area (Å²) in [6.07, 6.45) is 3.23. The van der Waals surface area contributed by atoms with Crippen LogP contribution in [0.5, 0.6) is 0 Å². The number of halogens is 1. The molecule has 118 valence electrons. The van der Waals surface area contributed by atoms with E-state index in [4.69, 9.17) is 11.6 Å². The summed E-state index contributed by atoms with van der Waals surface area (Å²) in [5.41, 5.74) is 0.109. The van der Waals surface area contributed by atoms with Crippen LogP contribution in [0.4, 0.5) is 4.79 Å². The fourth-order valence-electron chi connectivity index (χ4n) is 1.81. The highest BCUT2D eigenvalue weighted by Gasteiger charge is 2.27. The number of rotatable bonds is 7. The van der Waals surface area contributed by atoms with Crippen molar-refractivity contribution in [3.8, 4) is 0 Å². The first-order valence-electron chi connectivity index (χ1n) is 7.19. The lowest BCUT2D eigenvalue weighted by molar-refractivity contribution is 0.00792. The normalized spacial score (nSPS) is 15.1. The average Bonchev–Trinajstić information content (AvgIpc) is 2.46. The van der Waals surface area contributed by atoms with Crippen LogP contribution in [0.2, 0.25) is 5.15 Å². The average molecular weight is 314 g/mol. The van der Waals surface area contributed by atoms with E-state index in [9.17, 15) is 9.90 Å². The first kappa shape index (κ1) is 17.7. The summed E-state index contributed by atoms with van der Waals surface area (Å²) in [7, 11) is 0. The van der Waals surface area contributed by atoms with E-state index >= 15 is 0 Å². The Morgan fingerprint density at radius 3 is 2.76 bits per heavy atom. The van der Waals surface area contributed by atoms with Crippen molar-refractivity contribution in [3.05, 3.63) is 29.0 Å². The van der Waals surface area contributed by atoms with Gasteiger partial charge in [0.2, 0.25) is 0 Å². The number of aromatic nitrogens is 1. The van der Waals surface area contributed by atoms with Crippen LogP contribution in [0.3, 0.4) is 0 Å². The lowest BCUT2D eigenvalue weighted by Gasteiger charge is -2.29. The predicted molar refractivity (Wildman–Crippen MR) is 84.4 cm³/mol. The number of urea groups is 1. The van der Waals surface area contributed by atoms with Crippen molar-refractivity contribution in [2.24, 2.45) is 5.92 Å². The van der Waals surface area contributed by atoms with Gasteiger partial charge in [-0.05, 0) is 30.9 Å². The minimum Gasteiger partial charge on any atom is -0.388 e. The third kappa shape index (κ3) is 6.31. The van der Waals surface area contributed by atoms with Gasteiger partial charge in [-0.3, -0.25) is 0 Å². The van der Waals surface area contributed by atoms with Gasteiger partial charge in [0, 0.05) is 19.3 Å². The number of aliphatic hydroxyl groups is 1. The molecule has 1 rings (SSSR count). The van der Waals surface area contributed by atoms with E-state index in [2.05, 4.69) is 15.6 Å². The van der Waals surface area contributed by atoms with Crippen molar-refractivity contribution < 1.29 is 9.90 Å². The zero-order valence-corrected chi connectivity index (χ0v) is 13.6. The van der Waals surface area contributed by atoms with Gasteiger partial charge < -0.3 is 15.7 Å². The van der Waals surface area contributed by atoms with E-state index in [-0.39, 0.29) is 18.5 Å². The van der Waals surface area contributed by atoms with Crippen LogP contribution < -0.4 is 10.6 Å². The number of carbonyl (C=O) groups excluding carboxylic acids is 1. The van der Waals surface area contributed by atoms with Crippen LogP contribution in [0.1, 0.15) is 32.8 Å². The molecule has 1 aromatic rings. The lowest BCUT2D eigenvalue weighted by atomic mass is 9.89. The van der Waals surface area contributed by atoms with Crippen molar-refractivity contribution in [2.75, 3.05) is 13.1 Å². The first-order chi connectivity index (χ1) is 9.85. The molecule has 0 saturated heterocycles. The maximum atomic E-state index is 11.7. The van der Waals surface area contributed by atoms with Gasteiger partial charge in [0.15, 0.2) is 0 Å². The Labute approximate surface area is 131 Å². The predicted octanol–water partition coefficient (Wildman–Crippen LogP) is 2.37. The summed E-state index contributed by atoms with van der Waals surface area (Å²) in [6.45, 7) is 6.45. The van der Waals surface area contributed by atoms with Gasteiger partial charge >= 0.3 is 6.03 Å². The molecule has 5 nitrogen and oxygen atoms in total. The van der Waals surface area contributed by atoms with Crippen LogP contribution >= 0.6 is 11.6 Å². The van der Waals surface area contributed by atoms with Gasteiger partial charge in [-0.1, -0.05) is 37.9 Å². The molecule has 0 aliphatic rings. The molecule has 3 N–H and O–H groups in total. The fourth-order valence-corrected chi connectivity index (χ4v) is 1.92. The third-order valence-corrected chi connectivity index (χ3v) is 3.99. The molecule has 0 aliphatic heterocycles. The molecular weight excluding hydrogens is 290 g/mol. The highest BCUT2D eigenvalue weighted by Crippen LogP contribution is 2.18. The number of nitrogens with one attached hydrogen (secondary N) is 2. The van der Waals surface area contributed by atoms with Gasteiger partial charge in [-0.15, -0.1) is 0 Å². The third-order valence-electron chi connectivity index (χ3n) is 3.77. The molecule has 1 aromatic heterocycles. The summed E-state index contributed by atoms with van der Waals surface area (Å²) in [6, 6.07) is 3.32. The van der Waals surface area contributed by atoms with Crippen molar-refractivity contribution in [1.29, 1.82) is 0 Å². The molecule has 0 bridgehead atoms. The Hall–Kier alpha value is -1.33. The monoisotopic (exact) mass is 313 g/mol. The summed E-state index contributed by atoms with van der Waals surface area (Å²) >= 11 is 5.70. The standard InChI is InChI=1S/C15H24ClN3O2/c1-4-11(2)15(3,21)10-19-14(20)17-8-7-12-5-6-13(16)18-9-12/h5-6,9,11,21H,4,7-8,10H2,1-3H3,(H2,17,19,20). The number of hydrogen-bond donors (Lipinski definition) is 3.